The zero-order valence-corrected chi connectivity index (χ0v) is 30.1. The van der Waals surface area contributed by atoms with Gasteiger partial charge in [-0.2, -0.15) is 12.6 Å². The minimum absolute atomic E-state index is 0.0276. The quantitative estimate of drug-likeness (QED) is 0.266. The molecule has 2 fully saturated rings. The van der Waals surface area contributed by atoms with E-state index in [1.807, 2.05) is 20.8 Å². The molecule has 2 atom stereocenters. The molecule has 2 aromatic rings. The van der Waals surface area contributed by atoms with Crippen molar-refractivity contribution in [1.82, 2.24) is 29.9 Å². The molecule has 46 heavy (non-hydrogen) atoms. The summed E-state index contributed by atoms with van der Waals surface area (Å²) in [6.45, 7) is 21.6. The van der Waals surface area contributed by atoms with Crippen molar-refractivity contribution in [2.45, 2.75) is 72.2 Å². The van der Waals surface area contributed by atoms with E-state index in [0.29, 0.717) is 18.3 Å². The number of ether oxygens (including phenoxy) is 2. The number of carbonyl (C=O) groups is 1. The summed E-state index contributed by atoms with van der Waals surface area (Å²) in [5.41, 5.74) is 0.224. The van der Waals surface area contributed by atoms with Crippen LogP contribution in [0.5, 0.6) is 11.6 Å². The number of halogens is 1. The minimum atomic E-state index is -0.507. The number of rotatable bonds is 14. The average Bonchev–Trinajstić information content (AvgIpc) is 3.42. The van der Waals surface area contributed by atoms with Gasteiger partial charge in [-0.1, -0.05) is 27.7 Å². The lowest BCUT2D eigenvalue weighted by molar-refractivity contribution is -0.0761. The van der Waals surface area contributed by atoms with Crippen LogP contribution in [0.3, 0.4) is 0 Å². The third-order valence-corrected chi connectivity index (χ3v) is 10.8. The Bertz CT molecular complexity index is 1340. The molecule has 1 aromatic carbocycles. The van der Waals surface area contributed by atoms with Crippen molar-refractivity contribution in [3.63, 3.8) is 0 Å². The molecule has 256 valence electrons. The van der Waals surface area contributed by atoms with E-state index in [4.69, 9.17) is 22.1 Å². The van der Waals surface area contributed by atoms with Crippen LogP contribution in [0.25, 0.3) is 0 Å². The maximum Gasteiger partial charge on any atom is 0.282 e. The maximum absolute atomic E-state index is 14.3. The van der Waals surface area contributed by atoms with E-state index in [0.717, 1.165) is 58.7 Å². The van der Waals surface area contributed by atoms with Crippen molar-refractivity contribution in [2.75, 3.05) is 71.5 Å². The van der Waals surface area contributed by atoms with Crippen LogP contribution in [-0.2, 0) is 4.74 Å². The lowest BCUT2D eigenvalue weighted by Gasteiger charge is -2.60. The number of likely N-dealkylation sites (N-methyl/N-ethyl adjacent to an activating group) is 1. The van der Waals surface area contributed by atoms with Crippen molar-refractivity contribution < 1.29 is 18.7 Å². The molecule has 0 N–H and O–H groups in total. The van der Waals surface area contributed by atoms with Crippen LogP contribution in [0.4, 0.5) is 10.2 Å². The fourth-order valence-electron chi connectivity index (χ4n) is 7.03. The van der Waals surface area contributed by atoms with Crippen molar-refractivity contribution >= 4 is 24.4 Å². The van der Waals surface area contributed by atoms with Crippen LogP contribution in [0.1, 0.15) is 71.7 Å². The SMILES string of the molecule is CCN(C(=O)c1cc(F)ccc1Oc1nncnc1N1CCC2(C1)CN(C(S)(C[C@@H](C)CN(C)CCOC)C(C)(C)C)C2)C(C)C. The largest absolute Gasteiger partial charge is 0.434 e. The van der Waals surface area contributed by atoms with Gasteiger partial charge in [-0.05, 0) is 70.2 Å². The van der Waals surface area contributed by atoms with Crippen LogP contribution >= 0.6 is 12.6 Å². The van der Waals surface area contributed by atoms with Gasteiger partial charge in [0.15, 0.2) is 5.82 Å². The summed E-state index contributed by atoms with van der Waals surface area (Å²) in [4.78, 5) is 26.5. The van der Waals surface area contributed by atoms with Gasteiger partial charge in [0.2, 0.25) is 0 Å². The van der Waals surface area contributed by atoms with E-state index in [1.165, 1.54) is 24.5 Å². The Balaban J connectivity index is 1.48. The number of likely N-dealkylation sites (tertiary alicyclic amines) is 1. The van der Waals surface area contributed by atoms with E-state index >= 15 is 0 Å². The van der Waals surface area contributed by atoms with E-state index in [1.54, 1.807) is 12.0 Å². The van der Waals surface area contributed by atoms with Gasteiger partial charge in [-0.15, -0.1) is 10.2 Å². The topological polar surface area (TPSA) is 87.2 Å². The highest BCUT2D eigenvalue weighted by Gasteiger charge is 2.56. The van der Waals surface area contributed by atoms with Crippen LogP contribution < -0.4 is 9.64 Å². The molecule has 1 spiro atoms. The molecule has 2 saturated heterocycles. The number of aromatic nitrogens is 3. The molecule has 2 aliphatic heterocycles. The van der Waals surface area contributed by atoms with Gasteiger partial charge in [-0.25, -0.2) is 9.37 Å². The standard InChI is InChI=1S/C34H54FN7O3S/c1-10-42(24(2)3)31(43)27-17-26(35)11-12-28(27)45-30-29(36-23-37-38-30)40-14-13-33(20-40)21-41(22-33)34(46,32(5,6)7)18-25(4)19-39(8)15-16-44-9/h11-12,17,23-25,46H,10,13-16,18-22H2,1-9H3/t25-,34?/m1/s1. The number of nitrogens with zero attached hydrogens (tertiary/aromatic N) is 7. The van der Waals surface area contributed by atoms with Crippen molar-refractivity contribution in [2.24, 2.45) is 16.7 Å². The highest BCUT2D eigenvalue weighted by molar-refractivity contribution is 7.81. The third kappa shape index (κ3) is 7.94. The van der Waals surface area contributed by atoms with Gasteiger partial charge in [-0.3, -0.25) is 9.69 Å². The van der Waals surface area contributed by atoms with Gasteiger partial charge >= 0.3 is 0 Å². The van der Waals surface area contributed by atoms with Gasteiger partial charge < -0.3 is 24.2 Å². The summed E-state index contributed by atoms with van der Waals surface area (Å²) in [5, 5.41) is 8.24. The molecular formula is C34H54FN7O3S. The molecular weight excluding hydrogens is 605 g/mol. The van der Waals surface area contributed by atoms with Crippen LogP contribution in [0.2, 0.25) is 0 Å². The first-order chi connectivity index (χ1) is 21.6. The molecule has 1 unspecified atom stereocenters. The van der Waals surface area contributed by atoms with Crippen LogP contribution in [0, 0.1) is 22.6 Å². The smallest absolute Gasteiger partial charge is 0.282 e. The number of carbonyl (C=O) groups excluding carboxylic acids is 1. The molecule has 2 aliphatic rings. The van der Waals surface area contributed by atoms with Crippen molar-refractivity contribution in [3.8, 4) is 11.6 Å². The molecule has 0 bridgehead atoms. The van der Waals surface area contributed by atoms with E-state index in [2.05, 4.69) is 64.6 Å². The Morgan fingerprint density at radius 3 is 2.54 bits per heavy atom. The minimum Gasteiger partial charge on any atom is -0.434 e. The predicted octanol–water partition coefficient (Wildman–Crippen LogP) is 5.46. The first-order valence-corrected chi connectivity index (χ1v) is 16.9. The molecule has 3 heterocycles. The lowest BCUT2D eigenvalue weighted by atomic mass is 9.72. The number of hydrogen-bond acceptors (Lipinski definition) is 10. The zero-order chi connectivity index (χ0) is 33.9. The number of benzene rings is 1. The molecule has 4 rings (SSSR count). The summed E-state index contributed by atoms with van der Waals surface area (Å²) in [6.07, 6.45) is 3.41. The second-order valence-electron chi connectivity index (χ2n) is 14.7. The van der Waals surface area contributed by atoms with Crippen molar-refractivity contribution in [3.05, 3.63) is 35.9 Å². The summed E-state index contributed by atoms with van der Waals surface area (Å²) in [7, 11) is 3.89. The normalized spacial score (nSPS) is 18.6. The molecule has 0 saturated carbocycles. The van der Waals surface area contributed by atoms with Crippen molar-refractivity contribution in [1.29, 1.82) is 0 Å². The van der Waals surface area contributed by atoms with E-state index in [-0.39, 0.29) is 44.8 Å². The predicted molar refractivity (Wildman–Crippen MR) is 183 cm³/mol. The highest BCUT2D eigenvalue weighted by atomic mass is 32.1. The lowest BCUT2D eigenvalue weighted by Crippen LogP contribution is -2.68. The molecule has 1 aromatic heterocycles. The van der Waals surface area contributed by atoms with Gasteiger partial charge in [0.05, 0.1) is 17.0 Å². The first-order valence-electron chi connectivity index (χ1n) is 16.5. The Hall–Kier alpha value is -2.54. The number of anilines is 1. The molecule has 0 radical (unpaired) electrons. The summed E-state index contributed by atoms with van der Waals surface area (Å²) in [6, 6.07) is 3.92. The second-order valence-corrected chi connectivity index (χ2v) is 15.4. The number of hydrogen-bond donors (Lipinski definition) is 1. The third-order valence-electron chi connectivity index (χ3n) is 9.62. The Labute approximate surface area is 280 Å². The maximum atomic E-state index is 14.3. The number of thiol groups is 1. The van der Waals surface area contributed by atoms with Crippen LogP contribution in [-0.4, -0.2) is 113 Å². The van der Waals surface area contributed by atoms with Gasteiger partial charge in [0, 0.05) is 64.4 Å². The first kappa shape index (κ1) is 36.3. The summed E-state index contributed by atoms with van der Waals surface area (Å²) < 4.78 is 25.8. The molecule has 12 heteroatoms. The number of methoxy groups -OCH3 is 1. The fraction of sp³-hybridized carbons (Fsp3) is 0.706. The summed E-state index contributed by atoms with van der Waals surface area (Å²) in [5.74, 6) is 0.663. The van der Waals surface area contributed by atoms with Gasteiger partial charge in [0.1, 0.15) is 17.9 Å². The molecule has 0 aliphatic carbocycles. The van der Waals surface area contributed by atoms with Gasteiger partial charge in [0.25, 0.3) is 11.8 Å². The van der Waals surface area contributed by atoms with Crippen LogP contribution in [0.15, 0.2) is 24.5 Å². The fourth-order valence-corrected chi connectivity index (χ4v) is 7.48. The average molecular weight is 660 g/mol. The monoisotopic (exact) mass is 659 g/mol. The highest BCUT2D eigenvalue weighted by Crippen LogP contribution is 2.52. The summed E-state index contributed by atoms with van der Waals surface area (Å²) >= 11 is 5.43. The Morgan fingerprint density at radius 2 is 1.91 bits per heavy atom. The van der Waals surface area contributed by atoms with E-state index < -0.39 is 5.82 Å². The van der Waals surface area contributed by atoms with E-state index in [9.17, 15) is 9.18 Å². The molecule has 1 amide bonds. The Kier molecular flexibility index (Phi) is 11.6. The molecule has 10 nitrogen and oxygen atoms in total. The Morgan fingerprint density at radius 1 is 1.20 bits per heavy atom. The zero-order valence-electron chi connectivity index (χ0n) is 29.2. The second kappa shape index (κ2) is 14.7. The number of amides is 1.